The number of rotatable bonds is 1. The zero-order valence-electron chi connectivity index (χ0n) is 9.48. The molecule has 17 heavy (non-hydrogen) atoms. The monoisotopic (exact) mass is 243 g/mol. The minimum Gasteiger partial charge on any atom is -0.299 e. The summed E-state index contributed by atoms with van der Waals surface area (Å²) in [6.07, 6.45) is 4.07. The van der Waals surface area contributed by atoms with Crippen molar-refractivity contribution in [1.82, 2.24) is 4.98 Å². The average Bonchev–Trinajstić information content (AvgIpc) is 2.99. The highest BCUT2D eigenvalue weighted by Crippen LogP contribution is 2.54. The second-order valence-electron chi connectivity index (χ2n) is 5.30. The van der Waals surface area contributed by atoms with Crippen LogP contribution in [0.25, 0.3) is 10.2 Å². The smallest absolute Gasteiger partial charge is 0.146 e. The summed E-state index contributed by atoms with van der Waals surface area (Å²) >= 11 is 1.72. The van der Waals surface area contributed by atoms with Crippen LogP contribution in [0.15, 0.2) is 24.3 Å². The Kier molecular flexibility index (Phi) is 1.82. The Morgan fingerprint density at radius 2 is 2.24 bits per heavy atom. The number of hydrogen-bond donors (Lipinski definition) is 0. The molecule has 0 spiro atoms. The first kappa shape index (κ1) is 9.77. The molecule has 2 fully saturated rings. The van der Waals surface area contributed by atoms with E-state index < -0.39 is 0 Å². The summed E-state index contributed by atoms with van der Waals surface area (Å²) in [5, 5.41) is 1.07. The van der Waals surface area contributed by atoms with Crippen LogP contribution in [0.5, 0.6) is 0 Å². The Hall–Kier alpha value is -1.22. The SMILES string of the molecule is O=C1C[C@H]2CC[C@@]1(c1nc3ccccc3s1)C2. The molecule has 2 saturated carbocycles. The summed E-state index contributed by atoms with van der Waals surface area (Å²) in [5.74, 6) is 1.07. The Balaban J connectivity index is 1.91. The average molecular weight is 243 g/mol. The second kappa shape index (κ2) is 3.16. The van der Waals surface area contributed by atoms with Crippen LogP contribution in [0.2, 0.25) is 0 Å². The number of Topliss-reactive ketones (excluding diaryl/α,β-unsaturated/α-hetero) is 1. The van der Waals surface area contributed by atoms with E-state index in [9.17, 15) is 4.79 Å². The first-order valence-corrected chi connectivity index (χ1v) is 6.99. The molecule has 1 aromatic carbocycles. The molecule has 2 aromatic rings. The number of hydrogen-bond acceptors (Lipinski definition) is 3. The number of nitrogens with zero attached hydrogens (tertiary/aromatic N) is 1. The molecule has 0 unspecified atom stereocenters. The third-order valence-electron chi connectivity index (χ3n) is 4.33. The van der Waals surface area contributed by atoms with Gasteiger partial charge in [-0.15, -0.1) is 11.3 Å². The minimum absolute atomic E-state index is 0.200. The maximum Gasteiger partial charge on any atom is 0.146 e. The maximum atomic E-state index is 12.2. The molecular formula is C14H13NOS. The minimum atomic E-state index is -0.200. The van der Waals surface area contributed by atoms with Gasteiger partial charge in [-0.05, 0) is 37.3 Å². The van der Waals surface area contributed by atoms with Crippen LogP contribution >= 0.6 is 11.3 Å². The van der Waals surface area contributed by atoms with Gasteiger partial charge in [-0.3, -0.25) is 4.79 Å². The number of carbonyl (C=O) groups is 1. The molecule has 2 aliphatic rings. The van der Waals surface area contributed by atoms with Crippen molar-refractivity contribution in [3.05, 3.63) is 29.3 Å². The van der Waals surface area contributed by atoms with Crippen LogP contribution < -0.4 is 0 Å². The molecule has 1 heterocycles. The fourth-order valence-corrected chi connectivity index (χ4v) is 4.63. The lowest BCUT2D eigenvalue weighted by Gasteiger charge is -2.21. The van der Waals surface area contributed by atoms with Gasteiger partial charge in [-0.25, -0.2) is 4.98 Å². The number of thiazole rings is 1. The zero-order valence-corrected chi connectivity index (χ0v) is 10.3. The van der Waals surface area contributed by atoms with Crippen LogP contribution in [-0.4, -0.2) is 10.8 Å². The molecule has 2 nitrogen and oxygen atoms in total. The van der Waals surface area contributed by atoms with Crippen molar-refractivity contribution in [2.24, 2.45) is 5.92 Å². The van der Waals surface area contributed by atoms with Crippen LogP contribution in [0, 0.1) is 5.92 Å². The van der Waals surface area contributed by atoms with Crippen molar-refractivity contribution in [3.8, 4) is 0 Å². The lowest BCUT2D eigenvalue weighted by atomic mass is 9.84. The summed E-state index contributed by atoms with van der Waals surface area (Å²) in [4.78, 5) is 16.9. The number of benzene rings is 1. The molecular weight excluding hydrogens is 230 g/mol. The van der Waals surface area contributed by atoms with Crippen molar-refractivity contribution in [2.75, 3.05) is 0 Å². The highest BCUT2D eigenvalue weighted by molar-refractivity contribution is 7.18. The van der Waals surface area contributed by atoms with Gasteiger partial charge in [0.1, 0.15) is 10.8 Å². The lowest BCUT2D eigenvalue weighted by molar-refractivity contribution is -0.123. The number of para-hydroxylation sites is 1. The highest BCUT2D eigenvalue weighted by Gasteiger charge is 2.54. The summed E-state index contributed by atoms with van der Waals surface area (Å²) in [5.41, 5.74) is 0.846. The Morgan fingerprint density at radius 3 is 2.94 bits per heavy atom. The van der Waals surface area contributed by atoms with E-state index in [1.54, 1.807) is 11.3 Å². The van der Waals surface area contributed by atoms with Gasteiger partial charge in [-0.1, -0.05) is 12.1 Å². The quantitative estimate of drug-likeness (QED) is 0.769. The van der Waals surface area contributed by atoms with Crippen LogP contribution in [-0.2, 0) is 10.2 Å². The summed E-state index contributed by atoms with van der Waals surface area (Å²) < 4.78 is 1.21. The van der Waals surface area contributed by atoms with Crippen LogP contribution in [0.4, 0.5) is 0 Å². The Labute approximate surface area is 104 Å². The molecule has 3 heteroatoms. The molecule has 0 radical (unpaired) electrons. The number of carbonyl (C=O) groups excluding carboxylic acids is 1. The van der Waals surface area contributed by atoms with Crippen LogP contribution in [0.3, 0.4) is 0 Å². The number of fused-ring (bicyclic) bond motifs is 3. The van der Waals surface area contributed by atoms with E-state index in [2.05, 4.69) is 6.07 Å². The van der Waals surface area contributed by atoms with Crippen molar-refractivity contribution in [1.29, 1.82) is 0 Å². The normalized spacial score (nSPS) is 31.5. The van der Waals surface area contributed by atoms with Crippen molar-refractivity contribution in [2.45, 2.75) is 31.1 Å². The van der Waals surface area contributed by atoms with Gasteiger partial charge in [0, 0.05) is 6.42 Å². The summed E-state index contributed by atoms with van der Waals surface area (Å²) in [6, 6.07) is 8.18. The number of ketones is 1. The highest BCUT2D eigenvalue weighted by atomic mass is 32.1. The molecule has 4 rings (SSSR count). The fourth-order valence-electron chi connectivity index (χ4n) is 3.42. The molecule has 1 aromatic heterocycles. The molecule has 0 saturated heterocycles. The van der Waals surface area contributed by atoms with Gasteiger partial charge in [0.25, 0.3) is 0 Å². The molecule has 2 aliphatic carbocycles. The summed E-state index contributed by atoms with van der Waals surface area (Å²) in [6.45, 7) is 0. The lowest BCUT2D eigenvalue weighted by Crippen LogP contribution is -2.29. The third-order valence-corrected chi connectivity index (χ3v) is 5.57. The van der Waals surface area contributed by atoms with E-state index in [0.717, 1.165) is 29.8 Å². The van der Waals surface area contributed by atoms with Crippen molar-refractivity contribution in [3.63, 3.8) is 0 Å². The Bertz CT molecular complexity index is 584. The fraction of sp³-hybridized carbons (Fsp3) is 0.429. The predicted molar refractivity (Wildman–Crippen MR) is 68.3 cm³/mol. The van der Waals surface area contributed by atoms with Gasteiger partial charge in [-0.2, -0.15) is 0 Å². The summed E-state index contributed by atoms with van der Waals surface area (Å²) in [7, 11) is 0. The van der Waals surface area contributed by atoms with E-state index in [1.807, 2.05) is 18.2 Å². The van der Waals surface area contributed by atoms with Gasteiger partial charge >= 0.3 is 0 Å². The van der Waals surface area contributed by atoms with Crippen molar-refractivity contribution < 1.29 is 4.79 Å². The molecule has 0 aliphatic heterocycles. The van der Waals surface area contributed by atoms with E-state index >= 15 is 0 Å². The molecule has 2 atom stereocenters. The van der Waals surface area contributed by atoms with Gasteiger partial charge in [0.15, 0.2) is 0 Å². The largest absolute Gasteiger partial charge is 0.299 e. The molecule has 0 amide bonds. The molecule has 0 N–H and O–H groups in total. The first-order chi connectivity index (χ1) is 8.28. The van der Waals surface area contributed by atoms with E-state index in [0.29, 0.717) is 11.7 Å². The van der Waals surface area contributed by atoms with Gasteiger partial charge < -0.3 is 0 Å². The second-order valence-corrected chi connectivity index (χ2v) is 6.34. The molecule has 86 valence electrons. The van der Waals surface area contributed by atoms with E-state index in [1.165, 1.54) is 11.1 Å². The third kappa shape index (κ3) is 1.20. The van der Waals surface area contributed by atoms with Gasteiger partial charge in [0.2, 0.25) is 0 Å². The molecule has 2 bridgehead atoms. The van der Waals surface area contributed by atoms with E-state index in [4.69, 9.17) is 4.98 Å². The number of aromatic nitrogens is 1. The first-order valence-electron chi connectivity index (χ1n) is 6.17. The van der Waals surface area contributed by atoms with Crippen molar-refractivity contribution >= 4 is 27.3 Å². The maximum absolute atomic E-state index is 12.2. The standard InChI is InChI=1S/C14H13NOS/c16-12-7-9-5-6-14(12,8-9)13-15-10-3-1-2-4-11(10)17-13/h1-4,9H,5-8H2/t9-,14-/m1/s1. The Morgan fingerprint density at radius 1 is 1.35 bits per heavy atom. The van der Waals surface area contributed by atoms with E-state index in [-0.39, 0.29) is 5.41 Å². The van der Waals surface area contributed by atoms with Crippen LogP contribution in [0.1, 0.15) is 30.7 Å². The van der Waals surface area contributed by atoms with Gasteiger partial charge in [0.05, 0.1) is 15.6 Å². The predicted octanol–water partition coefficient (Wildman–Crippen LogP) is 3.31. The zero-order chi connectivity index (χ0) is 11.5. The topological polar surface area (TPSA) is 30.0 Å².